The van der Waals surface area contributed by atoms with E-state index in [-0.39, 0.29) is 18.0 Å². The third-order valence-corrected chi connectivity index (χ3v) is 12.0. The molecule has 5 rings (SSSR count). The average molecular weight is 799 g/mol. The largest absolute Gasteiger partial charge is 0.336 e. The number of halogens is 1. The van der Waals surface area contributed by atoms with Crippen LogP contribution in [0, 0.1) is 0 Å². The lowest BCUT2D eigenvalue weighted by molar-refractivity contribution is -0.132. The van der Waals surface area contributed by atoms with Gasteiger partial charge in [0.25, 0.3) is 5.56 Å². The second-order valence-corrected chi connectivity index (χ2v) is 16.0. The quantitative estimate of drug-likeness (QED) is 0.0519. The van der Waals surface area contributed by atoms with E-state index < -0.39 is 0 Å². The molecular weight excluding hydrogens is 754 g/mol. The Morgan fingerprint density at radius 2 is 1.53 bits per heavy atom. The van der Waals surface area contributed by atoms with Gasteiger partial charge in [-0.1, -0.05) is 107 Å². The van der Waals surface area contributed by atoms with Crippen LogP contribution in [-0.4, -0.2) is 57.2 Å². The standard InChI is InChI=1S/C37H44IN4O2PS2/c1-3-40(4-2)21-22-41(24-28-10-16-31(17-11-28)30-14-8-27(9-15-30)20-23-47-38)35(43)25-42-34-7-5-6-33(34)36(44)39-37(42)46-26-29-12-18-32(45)19-13-29/h8-19H,3-7,20-26,45H2,1-2H3. The van der Waals surface area contributed by atoms with Crippen molar-refractivity contribution in [1.29, 1.82) is 0 Å². The molecule has 10 heteroatoms. The molecule has 1 aliphatic carbocycles. The van der Waals surface area contributed by atoms with Crippen LogP contribution in [0.25, 0.3) is 11.1 Å². The molecule has 4 aromatic rings. The Kier molecular flexibility index (Phi) is 13.8. The number of thioether (sulfide) groups is 1. The maximum absolute atomic E-state index is 14.2. The minimum atomic E-state index is -0.142. The van der Waals surface area contributed by atoms with E-state index >= 15 is 0 Å². The number of carbonyl (C=O) groups excluding carboxylic acids is 1. The first-order chi connectivity index (χ1) is 22.9. The predicted molar refractivity (Wildman–Crippen MR) is 211 cm³/mol. The molecule has 0 aliphatic heterocycles. The molecule has 1 atom stereocenters. The fourth-order valence-corrected chi connectivity index (χ4v) is 8.13. The molecule has 3 aromatic carbocycles. The predicted octanol–water partition coefficient (Wildman–Crippen LogP) is 7.19. The summed E-state index contributed by atoms with van der Waals surface area (Å²) in [5.74, 6) is 1.85. The Bertz CT molecular complexity index is 1680. The van der Waals surface area contributed by atoms with Crippen molar-refractivity contribution in [3.05, 3.63) is 111 Å². The Balaban J connectivity index is 1.36. The highest BCUT2D eigenvalue weighted by Crippen LogP contribution is 2.27. The molecule has 0 spiro atoms. The number of hydrogen-bond donors (Lipinski definition) is 0. The summed E-state index contributed by atoms with van der Waals surface area (Å²) in [7, 11) is 4.55. The summed E-state index contributed by atoms with van der Waals surface area (Å²) in [6.45, 7) is 8.38. The number of amides is 1. The third-order valence-electron chi connectivity index (χ3n) is 8.86. The van der Waals surface area contributed by atoms with Crippen molar-refractivity contribution < 1.29 is 4.79 Å². The molecule has 0 saturated heterocycles. The molecule has 6 nitrogen and oxygen atoms in total. The van der Waals surface area contributed by atoms with E-state index in [4.69, 9.17) is 0 Å². The molecule has 1 amide bonds. The van der Waals surface area contributed by atoms with Crippen molar-refractivity contribution in [1.82, 2.24) is 19.4 Å². The van der Waals surface area contributed by atoms with E-state index in [1.807, 2.05) is 18.4 Å². The van der Waals surface area contributed by atoms with Crippen molar-refractivity contribution in [3.63, 3.8) is 0 Å². The van der Waals surface area contributed by atoms with Crippen LogP contribution in [0.2, 0.25) is 0 Å². The summed E-state index contributed by atoms with van der Waals surface area (Å²) in [6, 6.07) is 25.8. The highest BCUT2D eigenvalue weighted by atomic mass is 127. The van der Waals surface area contributed by atoms with Gasteiger partial charge in [-0.2, -0.15) is 4.98 Å². The van der Waals surface area contributed by atoms with Crippen molar-refractivity contribution in [2.24, 2.45) is 0 Å². The van der Waals surface area contributed by atoms with Crippen LogP contribution in [0.4, 0.5) is 0 Å². The maximum atomic E-state index is 14.2. The monoisotopic (exact) mass is 798 g/mol. The van der Waals surface area contributed by atoms with Crippen molar-refractivity contribution in [2.45, 2.75) is 63.5 Å². The molecule has 1 aromatic heterocycles. The van der Waals surface area contributed by atoms with Crippen molar-refractivity contribution in [3.8, 4) is 11.1 Å². The number of hydrogen-bond acceptors (Lipinski definition) is 6. The minimum Gasteiger partial charge on any atom is -0.336 e. The van der Waals surface area contributed by atoms with Gasteiger partial charge in [-0.05, 0) is 93.1 Å². The molecule has 248 valence electrons. The van der Waals surface area contributed by atoms with E-state index in [9.17, 15) is 9.59 Å². The van der Waals surface area contributed by atoms with Crippen LogP contribution < -0.4 is 10.9 Å². The van der Waals surface area contributed by atoms with Crippen LogP contribution in [0.3, 0.4) is 0 Å². The molecule has 1 unspecified atom stereocenters. The third kappa shape index (κ3) is 9.94. The number of aryl methyl sites for hydroxylation is 1. The van der Waals surface area contributed by atoms with Crippen molar-refractivity contribution in [2.75, 3.05) is 31.9 Å². The number of aromatic nitrogens is 2. The minimum absolute atomic E-state index is 0.0512. The van der Waals surface area contributed by atoms with Gasteiger partial charge < -0.3 is 14.4 Å². The van der Waals surface area contributed by atoms with Gasteiger partial charge in [-0.15, -0.1) is 9.24 Å². The molecule has 1 heterocycles. The Labute approximate surface area is 302 Å². The summed E-state index contributed by atoms with van der Waals surface area (Å²) in [5.41, 5.74) is 7.61. The van der Waals surface area contributed by atoms with Gasteiger partial charge in [0, 0.05) is 42.4 Å². The highest BCUT2D eigenvalue weighted by molar-refractivity contribution is 14.2. The summed E-state index contributed by atoms with van der Waals surface area (Å²) in [6.07, 6.45) is 3.53. The number of fused-ring (bicyclic) bond motifs is 1. The summed E-state index contributed by atoms with van der Waals surface area (Å²) in [4.78, 5) is 36.1. The van der Waals surface area contributed by atoms with Crippen LogP contribution >= 0.6 is 51.1 Å². The zero-order valence-corrected chi connectivity index (χ0v) is 32.2. The molecule has 0 N–H and O–H groups in total. The zero-order valence-electron chi connectivity index (χ0n) is 27.3. The molecule has 47 heavy (non-hydrogen) atoms. The van der Waals surface area contributed by atoms with Gasteiger partial charge in [-0.3, -0.25) is 9.59 Å². The van der Waals surface area contributed by atoms with E-state index in [1.54, 1.807) is 0 Å². The summed E-state index contributed by atoms with van der Waals surface area (Å²) < 4.78 is 2.04. The first kappa shape index (κ1) is 36.1. The van der Waals surface area contributed by atoms with Gasteiger partial charge in [-0.25, -0.2) is 0 Å². The van der Waals surface area contributed by atoms with E-state index in [0.717, 1.165) is 78.8 Å². The second kappa shape index (κ2) is 18.0. The summed E-state index contributed by atoms with van der Waals surface area (Å²) >= 11 is 3.89. The topological polar surface area (TPSA) is 58.4 Å². The molecule has 0 bridgehead atoms. The Morgan fingerprint density at radius 1 is 0.894 bits per heavy atom. The van der Waals surface area contributed by atoms with Crippen LogP contribution in [0.15, 0.2) is 82.7 Å². The van der Waals surface area contributed by atoms with Gasteiger partial charge in [0.2, 0.25) is 5.91 Å². The number of likely N-dealkylation sites (N-methyl/N-ethyl adjacent to an activating group) is 1. The normalized spacial score (nSPS) is 12.4. The Hall–Kier alpha value is -2.17. The van der Waals surface area contributed by atoms with Gasteiger partial charge in [0.1, 0.15) is 6.54 Å². The first-order valence-corrected chi connectivity index (χ1v) is 21.5. The van der Waals surface area contributed by atoms with Gasteiger partial charge in [0.05, 0.1) is 0 Å². The number of nitrogens with zero attached hydrogens (tertiary/aromatic N) is 4. The van der Waals surface area contributed by atoms with Crippen LogP contribution in [-0.2, 0) is 42.9 Å². The van der Waals surface area contributed by atoms with Crippen LogP contribution in [0.5, 0.6) is 0 Å². The second-order valence-electron chi connectivity index (χ2n) is 11.9. The fraction of sp³-hybridized carbons (Fsp3) is 0.378. The average Bonchev–Trinajstić information content (AvgIpc) is 3.60. The van der Waals surface area contributed by atoms with E-state index in [2.05, 4.69) is 127 Å². The van der Waals surface area contributed by atoms with Gasteiger partial charge >= 0.3 is 0 Å². The SMILES string of the molecule is CCN(CC)CCN(Cc1ccc(-c2ccc(CCSI)cc2)cc1)C(=O)Cn1c(SCc2ccc(P)cc2)nc(=O)c2c1CCC2. The molecule has 0 fully saturated rings. The lowest BCUT2D eigenvalue weighted by atomic mass is 10.0. The number of carbonyl (C=O) groups is 1. The molecule has 0 saturated carbocycles. The molecule has 0 radical (unpaired) electrons. The molecular formula is C37H44IN4O2PS2. The maximum Gasteiger partial charge on any atom is 0.277 e. The zero-order chi connectivity index (χ0) is 33.2. The fourth-order valence-electron chi connectivity index (χ4n) is 5.99. The molecule has 1 aliphatic rings. The van der Waals surface area contributed by atoms with E-state index in [1.165, 1.54) is 28.5 Å². The van der Waals surface area contributed by atoms with Gasteiger partial charge in [0.15, 0.2) is 5.16 Å². The van der Waals surface area contributed by atoms with Crippen molar-refractivity contribution >= 4 is 62.4 Å². The van der Waals surface area contributed by atoms with E-state index in [0.29, 0.717) is 24.0 Å². The van der Waals surface area contributed by atoms with Crippen LogP contribution in [0.1, 0.15) is 48.2 Å². The lowest BCUT2D eigenvalue weighted by Gasteiger charge is -2.28. The number of benzene rings is 3. The lowest BCUT2D eigenvalue weighted by Crippen LogP contribution is -2.40. The Morgan fingerprint density at radius 3 is 2.17 bits per heavy atom. The number of rotatable bonds is 16. The highest BCUT2D eigenvalue weighted by Gasteiger charge is 2.25. The summed E-state index contributed by atoms with van der Waals surface area (Å²) in [5, 5.41) is 1.76. The smallest absolute Gasteiger partial charge is 0.277 e. The first-order valence-electron chi connectivity index (χ1n) is 16.4.